The standard InChI is InChI=1S/C22H35P.B/c1-3-5-7-9-11-16-20-23(22-18-14-13-15-19-22)21-17-12-10-8-6-4-2;/h13-21H,3-12H2,1-2H3;/b20-16+,21-17+;. The van der Waals surface area contributed by atoms with Crippen molar-refractivity contribution in [2.24, 2.45) is 0 Å². The second kappa shape index (κ2) is 17.0. The molecule has 0 aliphatic carbocycles. The van der Waals surface area contributed by atoms with Crippen LogP contribution in [0.4, 0.5) is 0 Å². The third-order valence-corrected chi connectivity index (χ3v) is 5.99. The van der Waals surface area contributed by atoms with Gasteiger partial charge in [-0.2, -0.15) is 0 Å². The molecule has 1 aromatic carbocycles. The van der Waals surface area contributed by atoms with Crippen molar-refractivity contribution >= 4 is 21.6 Å². The lowest BCUT2D eigenvalue weighted by atomic mass is 10.2. The molecule has 0 saturated carbocycles. The minimum atomic E-state index is -0.266. The molecule has 1 aromatic rings. The van der Waals surface area contributed by atoms with Crippen LogP contribution in [0.3, 0.4) is 0 Å². The van der Waals surface area contributed by atoms with E-state index in [1.807, 2.05) is 0 Å². The van der Waals surface area contributed by atoms with Crippen LogP contribution in [0.15, 0.2) is 54.1 Å². The molecule has 0 atom stereocenters. The van der Waals surface area contributed by atoms with Gasteiger partial charge in [0.15, 0.2) is 0 Å². The molecular formula is C22H35BP. The molecule has 1 rings (SSSR count). The van der Waals surface area contributed by atoms with Gasteiger partial charge in [0.2, 0.25) is 0 Å². The van der Waals surface area contributed by atoms with E-state index in [0.29, 0.717) is 0 Å². The van der Waals surface area contributed by atoms with Gasteiger partial charge in [-0.05, 0) is 38.9 Å². The average Bonchev–Trinajstić information content (AvgIpc) is 2.60. The fourth-order valence-electron chi connectivity index (χ4n) is 2.58. The maximum Gasteiger partial charge on any atom is 0 e. The summed E-state index contributed by atoms with van der Waals surface area (Å²) in [4.78, 5) is 0. The van der Waals surface area contributed by atoms with E-state index >= 15 is 0 Å². The van der Waals surface area contributed by atoms with Crippen molar-refractivity contribution in [3.63, 3.8) is 0 Å². The number of benzene rings is 1. The van der Waals surface area contributed by atoms with Crippen molar-refractivity contribution < 1.29 is 0 Å². The molecule has 0 aliphatic rings. The van der Waals surface area contributed by atoms with E-state index in [1.165, 1.54) is 69.5 Å². The normalized spacial score (nSPS) is 11.5. The first kappa shape index (κ1) is 23.2. The van der Waals surface area contributed by atoms with Gasteiger partial charge in [-0.25, -0.2) is 0 Å². The van der Waals surface area contributed by atoms with E-state index in [9.17, 15) is 0 Å². The topological polar surface area (TPSA) is 0 Å². The molecule has 0 fully saturated rings. The van der Waals surface area contributed by atoms with Crippen LogP contribution in [0.5, 0.6) is 0 Å². The van der Waals surface area contributed by atoms with Crippen molar-refractivity contribution in [3.8, 4) is 0 Å². The third-order valence-electron chi connectivity index (χ3n) is 4.04. The Labute approximate surface area is 154 Å². The number of hydrogen-bond donors (Lipinski definition) is 0. The zero-order valence-electron chi connectivity index (χ0n) is 15.8. The summed E-state index contributed by atoms with van der Waals surface area (Å²) in [7, 11) is -0.266. The second-order valence-electron chi connectivity index (χ2n) is 6.21. The number of rotatable bonds is 13. The summed E-state index contributed by atoms with van der Waals surface area (Å²) in [5, 5.41) is 1.47. The molecule has 0 spiro atoms. The van der Waals surface area contributed by atoms with Crippen molar-refractivity contribution in [1.29, 1.82) is 0 Å². The Balaban J connectivity index is 0.00000529. The second-order valence-corrected chi connectivity index (χ2v) is 8.14. The van der Waals surface area contributed by atoms with E-state index in [1.54, 1.807) is 0 Å². The van der Waals surface area contributed by atoms with E-state index in [4.69, 9.17) is 0 Å². The van der Waals surface area contributed by atoms with Crippen LogP contribution >= 0.6 is 7.92 Å². The Hall–Kier alpha value is -0.805. The zero-order chi connectivity index (χ0) is 16.6. The van der Waals surface area contributed by atoms with Gasteiger partial charge in [0, 0.05) is 8.41 Å². The van der Waals surface area contributed by atoms with Gasteiger partial charge in [-0.3, -0.25) is 0 Å². The van der Waals surface area contributed by atoms with Gasteiger partial charge in [0.05, 0.1) is 0 Å². The first-order valence-electron chi connectivity index (χ1n) is 9.55. The SMILES string of the molecule is CCCCCC/C=C/P(/C=C/CCCCCC)c1ccccc1.[B]. The van der Waals surface area contributed by atoms with Crippen LogP contribution in [-0.4, -0.2) is 8.41 Å². The molecule has 0 aliphatic heterocycles. The highest BCUT2D eigenvalue weighted by molar-refractivity contribution is 7.71. The summed E-state index contributed by atoms with van der Waals surface area (Å²) in [6, 6.07) is 11.0. The highest BCUT2D eigenvalue weighted by Crippen LogP contribution is 2.38. The van der Waals surface area contributed by atoms with Gasteiger partial charge in [-0.15, -0.1) is 0 Å². The molecule has 3 radical (unpaired) electrons. The Morgan fingerprint density at radius 1 is 0.708 bits per heavy atom. The molecule has 0 heterocycles. The fraction of sp³-hybridized carbons (Fsp3) is 0.545. The van der Waals surface area contributed by atoms with Gasteiger partial charge in [0.25, 0.3) is 0 Å². The lowest BCUT2D eigenvalue weighted by molar-refractivity contribution is 0.674. The van der Waals surface area contributed by atoms with Crippen LogP contribution in [0.25, 0.3) is 0 Å². The Morgan fingerprint density at radius 3 is 1.67 bits per heavy atom. The van der Waals surface area contributed by atoms with E-state index < -0.39 is 0 Å². The minimum Gasteiger partial charge on any atom is -0.0835 e. The fourth-order valence-corrected chi connectivity index (χ4v) is 4.29. The highest BCUT2D eigenvalue weighted by atomic mass is 31.1. The van der Waals surface area contributed by atoms with E-state index in [2.05, 4.69) is 68.0 Å². The lowest BCUT2D eigenvalue weighted by Gasteiger charge is -2.09. The van der Waals surface area contributed by atoms with Crippen LogP contribution in [0.1, 0.15) is 78.1 Å². The average molecular weight is 341 g/mol. The maximum absolute atomic E-state index is 2.46. The summed E-state index contributed by atoms with van der Waals surface area (Å²) in [6.45, 7) is 4.55. The van der Waals surface area contributed by atoms with E-state index in [-0.39, 0.29) is 16.3 Å². The predicted octanol–water partition coefficient (Wildman–Crippen LogP) is 7.38. The molecule has 131 valence electrons. The molecule has 0 unspecified atom stereocenters. The summed E-state index contributed by atoms with van der Waals surface area (Å²) >= 11 is 0. The number of unbranched alkanes of at least 4 members (excludes halogenated alkanes) is 8. The van der Waals surface area contributed by atoms with Gasteiger partial charge in [0.1, 0.15) is 0 Å². The lowest BCUT2D eigenvalue weighted by Crippen LogP contribution is -1.95. The molecule has 0 saturated heterocycles. The van der Waals surface area contributed by atoms with Crippen molar-refractivity contribution in [2.45, 2.75) is 78.1 Å². The molecule has 0 amide bonds. The quantitative estimate of drug-likeness (QED) is 0.199. The molecular weight excluding hydrogens is 306 g/mol. The highest BCUT2D eigenvalue weighted by Gasteiger charge is 2.02. The molecule has 0 nitrogen and oxygen atoms in total. The summed E-state index contributed by atoms with van der Waals surface area (Å²) in [5.41, 5.74) is 0. The Bertz CT molecular complexity index is 403. The first-order valence-corrected chi connectivity index (χ1v) is 11.0. The van der Waals surface area contributed by atoms with Gasteiger partial charge < -0.3 is 0 Å². The van der Waals surface area contributed by atoms with Crippen molar-refractivity contribution in [1.82, 2.24) is 0 Å². The monoisotopic (exact) mass is 341 g/mol. The van der Waals surface area contributed by atoms with Crippen LogP contribution in [0.2, 0.25) is 0 Å². The Morgan fingerprint density at radius 2 is 1.21 bits per heavy atom. The predicted molar refractivity (Wildman–Crippen MR) is 115 cm³/mol. The molecule has 24 heavy (non-hydrogen) atoms. The molecule has 0 N–H and O–H groups in total. The summed E-state index contributed by atoms with van der Waals surface area (Å²) in [5.74, 6) is 4.91. The van der Waals surface area contributed by atoms with E-state index in [0.717, 1.165) is 0 Å². The first-order chi connectivity index (χ1) is 11.4. The minimum absolute atomic E-state index is 0. The van der Waals surface area contributed by atoms with Crippen LogP contribution in [0, 0.1) is 0 Å². The largest absolute Gasteiger partial charge is 0.0835 e. The van der Waals surface area contributed by atoms with Gasteiger partial charge >= 0.3 is 0 Å². The van der Waals surface area contributed by atoms with Crippen molar-refractivity contribution in [3.05, 3.63) is 54.1 Å². The maximum atomic E-state index is 2.46. The molecule has 2 heteroatoms. The summed E-state index contributed by atoms with van der Waals surface area (Å²) in [6.07, 6.45) is 18.1. The van der Waals surface area contributed by atoms with Crippen LogP contribution in [-0.2, 0) is 0 Å². The smallest absolute Gasteiger partial charge is 0 e. The molecule has 0 bridgehead atoms. The molecule has 0 aromatic heterocycles. The number of hydrogen-bond acceptors (Lipinski definition) is 0. The third kappa shape index (κ3) is 11.7. The van der Waals surface area contributed by atoms with Crippen molar-refractivity contribution in [2.75, 3.05) is 0 Å². The number of allylic oxidation sites excluding steroid dienone is 2. The zero-order valence-corrected chi connectivity index (χ0v) is 16.7. The van der Waals surface area contributed by atoms with Crippen LogP contribution < -0.4 is 5.30 Å². The van der Waals surface area contributed by atoms with Gasteiger partial charge in [-0.1, -0.05) is 106 Å². The Kier molecular flexibility index (Phi) is 16.5. The summed E-state index contributed by atoms with van der Waals surface area (Å²) < 4.78 is 0.